The predicted molar refractivity (Wildman–Crippen MR) is 62.6 cm³/mol. The maximum Gasteiger partial charge on any atom is 0.232 e. The monoisotopic (exact) mass is 230 g/mol. The van der Waals surface area contributed by atoms with Gasteiger partial charge >= 0.3 is 0 Å². The molecule has 0 aliphatic rings. The van der Waals surface area contributed by atoms with Crippen molar-refractivity contribution in [1.82, 2.24) is 14.6 Å². The molecule has 2 aromatic rings. The van der Waals surface area contributed by atoms with E-state index in [2.05, 4.69) is 23.9 Å². The van der Waals surface area contributed by atoms with E-state index in [-0.39, 0.29) is 11.4 Å². The van der Waals surface area contributed by atoms with Gasteiger partial charge in [-0.05, 0) is 24.5 Å². The molecule has 88 valence electrons. The number of aryl methyl sites for hydroxylation is 1. The van der Waals surface area contributed by atoms with Gasteiger partial charge in [-0.15, -0.1) is 5.10 Å². The summed E-state index contributed by atoms with van der Waals surface area (Å²) >= 11 is 0. The van der Waals surface area contributed by atoms with Crippen molar-refractivity contribution < 1.29 is 5.11 Å². The van der Waals surface area contributed by atoms with Crippen LogP contribution in [-0.2, 0) is 6.42 Å². The Morgan fingerprint density at radius 2 is 2.24 bits per heavy atom. The standard InChI is InChI=1S/C12H14N4O/c1-7(2)4-10-14-11-5-8(3)9(6-13)12(17)16(11)15-10/h5,7,17H,4H2,1-3H3. The maximum absolute atomic E-state index is 9.92. The van der Waals surface area contributed by atoms with Gasteiger partial charge in [0, 0.05) is 6.42 Å². The molecule has 2 aromatic heterocycles. The second-order valence-corrected chi connectivity index (χ2v) is 4.53. The van der Waals surface area contributed by atoms with Gasteiger partial charge < -0.3 is 5.11 Å². The van der Waals surface area contributed by atoms with Gasteiger partial charge in [0.15, 0.2) is 11.5 Å². The molecule has 2 rings (SSSR count). The number of rotatable bonds is 2. The minimum atomic E-state index is -0.134. The Morgan fingerprint density at radius 1 is 1.53 bits per heavy atom. The molecule has 0 aliphatic carbocycles. The highest BCUT2D eigenvalue weighted by Gasteiger charge is 2.14. The molecule has 5 nitrogen and oxygen atoms in total. The van der Waals surface area contributed by atoms with Gasteiger partial charge in [-0.2, -0.15) is 9.78 Å². The molecule has 0 aliphatic heterocycles. The number of nitriles is 1. The molecule has 5 heteroatoms. The van der Waals surface area contributed by atoms with Crippen LogP contribution < -0.4 is 0 Å². The van der Waals surface area contributed by atoms with Crippen molar-refractivity contribution in [3.05, 3.63) is 23.0 Å². The number of pyridine rings is 1. The molecular formula is C12H14N4O. The molecule has 0 amide bonds. The third-order valence-electron chi connectivity index (χ3n) is 2.54. The average molecular weight is 230 g/mol. The summed E-state index contributed by atoms with van der Waals surface area (Å²) in [4.78, 5) is 4.33. The first-order chi connectivity index (χ1) is 8.02. The number of aromatic nitrogens is 3. The van der Waals surface area contributed by atoms with Crippen LogP contribution in [0.3, 0.4) is 0 Å². The largest absolute Gasteiger partial charge is 0.492 e. The van der Waals surface area contributed by atoms with Crippen molar-refractivity contribution >= 4 is 5.65 Å². The highest BCUT2D eigenvalue weighted by atomic mass is 16.3. The summed E-state index contributed by atoms with van der Waals surface area (Å²) in [6.45, 7) is 5.93. The topological polar surface area (TPSA) is 74.2 Å². The Hall–Kier alpha value is -2.09. The fourth-order valence-corrected chi connectivity index (χ4v) is 1.76. The zero-order valence-corrected chi connectivity index (χ0v) is 10.1. The van der Waals surface area contributed by atoms with Crippen molar-refractivity contribution in [3.8, 4) is 11.9 Å². The molecule has 0 bridgehead atoms. The lowest BCUT2D eigenvalue weighted by Crippen LogP contribution is -1.97. The van der Waals surface area contributed by atoms with Gasteiger partial charge in [-0.3, -0.25) is 0 Å². The normalized spacial score (nSPS) is 11.0. The molecule has 0 fully saturated rings. The van der Waals surface area contributed by atoms with E-state index < -0.39 is 0 Å². The van der Waals surface area contributed by atoms with Gasteiger partial charge in [0.2, 0.25) is 5.88 Å². The van der Waals surface area contributed by atoms with Gasteiger partial charge in [0.05, 0.1) is 0 Å². The number of hydrogen-bond donors (Lipinski definition) is 1. The summed E-state index contributed by atoms with van der Waals surface area (Å²) in [5.74, 6) is 1.00. The number of hydrogen-bond acceptors (Lipinski definition) is 4. The lowest BCUT2D eigenvalue weighted by Gasteiger charge is -2.01. The van der Waals surface area contributed by atoms with Crippen LogP contribution in [-0.4, -0.2) is 19.7 Å². The van der Waals surface area contributed by atoms with Crippen LogP contribution in [0.5, 0.6) is 5.88 Å². The predicted octanol–water partition coefficient (Wildman–Crippen LogP) is 1.81. The Bertz CT molecular complexity index is 607. The Kier molecular flexibility index (Phi) is 2.72. The first-order valence-electron chi connectivity index (χ1n) is 5.51. The highest BCUT2D eigenvalue weighted by Crippen LogP contribution is 2.22. The second-order valence-electron chi connectivity index (χ2n) is 4.53. The van der Waals surface area contributed by atoms with E-state index in [9.17, 15) is 5.11 Å². The molecule has 0 saturated carbocycles. The molecule has 0 unspecified atom stereocenters. The van der Waals surface area contributed by atoms with E-state index in [0.717, 1.165) is 6.42 Å². The Balaban J connectivity index is 2.62. The van der Waals surface area contributed by atoms with E-state index in [4.69, 9.17) is 5.26 Å². The zero-order chi connectivity index (χ0) is 12.6. The molecule has 0 radical (unpaired) electrons. The molecular weight excluding hydrogens is 216 g/mol. The van der Waals surface area contributed by atoms with Crippen molar-refractivity contribution in [2.24, 2.45) is 5.92 Å². The van der Waals surface area contributed by atoms with Crippen LogP contribution in [0.15, 0.2) is 6.07 Å². The molecule has 2 heterocycles. The van der Waals surface area contributed by atoms with Gasteiger partial charge in [0.25, 0.3) is 0 Å². The van der Waals surface area contributed by atoms with Crippen LogP contribution in [0.2, 0.25) is 0 Å². The van der Waals surface area contributed by atoms with E-state index >= 15 is 0 Å². The lowest BCUT2D eigenvalue weighted by molar-refractivity contribution is 0.433. The van der Waals surface area contributed by atoms with E-state index in [1.807, 2.05) is 6.07 Å². The summed E-state index contributed by atoms with van der Waals surface area (Å²) in [7, 11) is 0. The average Bonchev–Trinajstić information content (AvgIpc) is 2.60. The van der Waals surface area contributed by atoms with Gasteiger partial charge in [0.1, 0.15) is 11.6 Å². The molecule has 0 atom stereocenters. The van der Waals surface area contributed by atoms with E-state index in [1.165, 1.54) is 4.52 Å². The minimum Gasteiger partial charge on any atom is -0.492 e. The summed E-state index contributed by atoms with van der Waals surface area (Å²) in [5.41, 5.74) is 1.54. The number of aromatic hydroxyl groups is 1. The van der Waals surface area contributed by atoms with Crippen LogP contribution in [0.4, 0.5) is 0 Å². The van der Waals surface area contributed by atoms with Crippen LogP contribution >= 0.6 is 0 Å². The van der Waals surface area contributed by atoms with Crippen LogP contribution in [0.1, 0.15) is 30.8 Å². The SMILES string of the molecule is Cc1cc2nc(CC(C)C)nn2c(O)c1C#N. The maximum atomic E-state index is 9.92. The van der Waals surface area contributed by atoms with Gasteiger partial charge in [-0.25, -0.2) is 4.98 Å². The van der Waals surface area contributed by atoms with Crippen LogP contribution in [0, 0.1) is 24.2 Å². The highest BCUT2D eigenvalue weighted by molar-refractivity contribution is 5.53. The van der Waals surface area contributed by atoms with Crippen molar-refractivity contribution in [3.63, 3.8) is 0 Å². The Labute approximate surface area is 99.3 Å². The second kappa shape index (κ2) is 4.06. The third-order valence-corrected chi connectivity index (χ3v) is 2.54. The summed E-state index contributed by atoms with van der Waals surface area (Å²) in [5, 5.41) is 23.1. The summed E-state index contributed by atoms with van der Waals surface area (Å²) in [6.07, 6.45) is 0.752. The van der Waals surface area contributed by atoms with Crippen molar-refractivity contribution in [1.29, 1.82) is 5.26 Å². The lowest BCUT2D eigenvalue weighted by atomic mass is 10.1. The van der Waals surface area contributed by atoms with E-state index in [1.54, 1.807) is 13.0 Å². The number of nitrogens with zero attached hydrogens (tertiary/aromatic N) is 4. The van der Waals surface area contributed by atoms with Crippen molar-refractivity contribution in [2.75, 3.05) is 0 Å². The Morgan fingerprint density at radius 3 is 2.82 bits per heavy atom. The molecule has 0 saturated heterocycles. The number of fused-ring (bicyclic) bond motifs is 1. The molecule has 1 N–H and O–H groups in total. The third kappa shape index (κ3) is 1.94. The fourth-order valence-electron chi connectivity index (χ4n) is 1.76. The molecule has 0 spiro atoms. The van der Waals surface area contributed by atoms with Gasteiger partial charge in [-0.1, -0.05) is 13.8 Å². The van der Waals surface area contributed by atoms with Crippen LogP contribution in [0.25, 0.3) is 5.65 Å². The molecule has 0 aromatic carbocycles. The smallest absolute Gasteiger partial charge is 0.232 e. The molecule has 17 heavy (non-hydrogen) atoms. The van der Waals surface area contributed by atoms with E-state index in [0.29, 0.717) is 23.0 Å². The minimum absolute atomic E-state index is 0.134. The van der Waals surface area contributed by atoms with Crippen molar-refractivity contribution in [2.45, 2.75) is 27.2 Å². The zero-order valence-electron chi connectivity index (χ0n) is 10.1. The fraction of sp³-hybridized carbons (Fsp3) is 0.417. The summed E-state index contributed by atoms with van der Waals surface area (Å²) in [6, 6.07) is 3.73. The first-order valence-corrected chi connectivity index (χ1v) is 5.51. The summed E-state index contributed by atoms with van der Waals surface area (Å²) < 4.78 is 1.32. The first kappa shape index (κ1) is 11.4. The quantitative estimate of drug-likeness (QED) is 0.853.